The molecule has 6 heteroatoms. The summed E-state index contributed by atoms with van der Waals surface area (Å²) in [7, 11) is 1.58. The highest BCUT2D eigenvalue weighted by Gasteiger charge is 2.72. The van der Waals surface area contributed by atoms with Crippen molar-refractivity contribution in [3.63, 3.8) is 0 Å². The molecule has 190 valence electrons. The standard InChI is InChI=1S/C33H24N2O4/c1-39-23-17-15-20(16-18-23)27-28(29(36)21-9-3-2-4-10-21)35-30(24-12-6-5-11-22(24)19-34-35)33(27)31(37)25-13-7-8-14-26(25)32(33)38/h2-19,27-28,30H,1H3/t27-,28-,30+/m0/s1. The van der Waals surface area contributed by atoms with E-state index in [9.17, 15) is 14.4 Å². The van der Waals surface area contributed by atoms with Crippen molar-refractivity contribution in [2.24, 2.45) is 10.5 Å². The molecule has 0 amide bonds. The van der Waals surface area contributed by atoms with Gasteiger partial charge in [-0.25, -0.2) is 0 Å². The number of Topliss-reactive ketones (excluding diaryl/α,β-unsaturated/α-hetero) is 3. The van der Waals surface area contributed by atoms with E-state index in [1.165, 1.54) is 0 Å². The number of hydrazone groups is 1. The number of carbonyl (C=O) groups excluding carboxylic acids is 3. The second-order valence-electron chi connectivity index (χ2n) is 10.2. The summed E-state index contributed by atoms with van der Waals surface area (Å²) in [5.74, 6) is -0.878. The first kappa shape index (κ1) is 23.3. The molecule has 7 rings (SSSR count). The summed E-state index contributed by atoms with van der Waals surface area (Å²) >= 11 is 0. The van der Waals surface area contributed by atoms with Crippen LogP contribution in [0.25, 0.3) is 0 Å². The Morgan fingerprint density at radius 1 is 0.795 bits per heavy atom. The quantitative estimate of drug-likeness (QED) is 0.267. The van der Waals surface area contributed by atoms with Gasteiger partial charge >= 0.3 is 0 Å². The molecule has 0 aromatic heterocycles. The van der Waals surface area contributed by atoms with Crippen molar-refractivity contribution in [3.8, 4) is 5.75 Å². The molecule has 3 atom stereocenters. The molecular formula is C33H24N2O4. The molecule has 0 saturated carbocycles. The van der Waals surface area contributed by atoms with E-state index in [1.54, 1.807) is 66.9 Å². The van der Waals surface area contributed by atoms with Crippen molar-refractivity contribution in [3.05, 3.63) is 137 Å². The third kappa shape index (κ3) is 3.08. The molecule has 3 aliphatic rings. The zero-order valence-electron chi connectivity index (χ0n) is 21.2. The first-order chi connectivity index (χ1) is 19.1. The fourth-order valence-corrected chi connectivity index (χ4v) is 6.73. The number of rotatable bonds is 4. The summed E-state index contributed by atoms with van der Waals surface area (Å²) < 4.78 is 5.39. The van der Waals surface area contributed by atoms with Gasteiger partial charge in [-0.3, -0.25) is 19.4 Å². The first-order valence-corrected chi connectivity index (χ1v) is 12.9. The maximum atomic E-state index is 14.7. The second-order valence-corrected chi connectivity index (χ2v) is 10.2. The number of hydrogen-bond acceptors (Lipinski definition) is 6. The van der Waals surface area contributed by atoms with Crippen LogP contribution >= 0.6 is 0 Å². The van der Waals surface area contributed by atoms with Crippen LogP contribution in [-0.4, -0.2) is 41.7 Å². The smallest absolute Gasteiger partial charge is 0.187 e. The Hall–Kier alpha value is -4.84. The van der Waals surface area contributed by atoms with Crippen LogP contribution in [0.15, 0.2) is 108 Å². The van der Waals surface area contributed by atoms with Crippen molar-refractivity contribution in [1.29, 1.82) is 0 Å². The minimum absolute atomic E-state index is 0.189. The molecule has 1 spiro atoms. The van der Waals surface area contributed by atoms with E-state index in [2.05, 4.69) is 0 Å². The molecule has 1 saturated heterocycles. The summed E-state index contributed by atoms with van der Waals surface area (Å²) in [5, 5.41) is 6.50. The van der Waals surface area contributed by atoms with Gasteiger partial charge < -0.3 is 4.74 Å². The van der Waals surface area contributed by atoms with Gasteiger partial charge in [0.2, 0.25) is 0 Å². The molecule has 0 unspecified atom stereocenters. The lowest BCUT2D eigenvalue weighted by Crippen LogP contribution is -2.43. The average molecular weight is 513 g/mol. The van der Waals surface area contributed by atoms with E-state index in [1.807, 2.05) is 54.6 Å². The molecular weight excluding hydrogens is 488 g/mol. The van der Waals surface area contributed by atoms with Crippen LogP contribution in [0.3, 0.4) is 0 Å². The third-order valence-electron chi connectivity index (χ3n) is 8.38. The Kier molecular flexibility index (Phi) is 5.13. The Morgan fingerprint density at radius 3 is 2.08 bits per heavy atom. The highest BCUT2D eigenvalue weighted by atomic mass is 16.5. The van der Waals surface area contributed by atoms with Gasteiger partial charge in [-0.05, 0) is 28.8 Å². The molecule has 4 aromatic rings. The van der Waals surface area contributed by atoms with Crippen molar-refractivity contribution < 1.29 is 19.1 Å². The molecule has 2 heterocycles. The first-order valence-electron chi connectivity index (χ1n) is 12.9. The largest absolute Gasteiger partial charge is 0.497 e. The molecule has 0 N–H and O–H groups in total. The Morgan fingerprint density at radius 2 is 1.41 bits per heavy atom. The van der Waals surface area contributed by atoms with Crippen molar-refractivity contribution in [2.45, 2.75) is 18.0 Å². The molecule has 0 radical (unpaired) electrons. The van der Waals surface area contributed by atoms with E-state index in [0.717, 1.165) is 11.1 Å². The van der Waals surface area contributed by atoms with E-state index in [-0.39, 0.29) is 17.3 Å². The molecule has 6 nitrogen and oxygen atoms in total. The van der Waals surface area contributed by atoms with Crippen LogP contribution in [0, 0.1) is 5.41 Å². The Bertz CT molecular complexity index is 1640. The fourth-order valence-electron chi connectivity index (χ4n) is 6.73. The van der Waals surface area contributed by atoms with Crippen molar-refractivity contribution in [1.82, 2.24) is 5.01 Å². The van der Waals surface area contributed by atoms with Crippen LogP contribution in [0.2, 0.25) is 0 Å². The maximum absolute atomic E-state index is 14.7. The van der Waals surface area contributed by atoms with E-state index < -0.39 is 23.4 Å². The summed E-state index contributed by atoms with van der Waals surface area (Å²) in [6, 6.07) is 29.3. The van der Waals surface area contributed by atoms with Gasteiger partial charge in [-0.1, -0.05) is 91.0 Å². The molecule has 1 aliphatic carbocycles. The summed E-state index contributed by atoms with van der Waals surface area (Å²) in [6.45, 7) is 0. The van der Waals surface area contributed by atoms with Crippen molar-refractivity contribution in [2.75, 3.05) is 7.11 Å². The van der Waals surface area contributed by atoms with Gasteiger partial charge in [0.15, 0.2) is 17.3 Å². The number of ether oxygens (including phenoxy) is 1. The molecule has 4 aromatic carbocycles. The molecule has 0 bridgehead atoms. The predicted molar refractivity (Wildman–Crippen MR) is 146 cm³/mol. The predicted octanol–water partition coefficient (Wildman–Crippen LogP) is 5.50. The number of ketones is 3. The lowest BCUT2D eigenvalue weighted by atomic mass is 9.63. The number of hydrogen-bond donors (Lipinski definition) is 0. The summed E-state index contributed by atoms with van der Waals surface area (Å²) in [5.41, 5.74) is 2.05. The summed E-state index contributed by atoms with van der Waals surface area (Å²) in [6.07, 6.45) is 1.72. The van der Waals surface area contributed by atoms with Gasteiger partial charge in [0.1, 0.15) is 17.2 Å². The molecule has 39 heavy (non-hydrogen) atoms. The number of carbonyl (C=O) groups is 3. The SMILES string of the molecule is COc1ccc([C@H]2[C@@H](C(=O)c3ccccc3)N3N=Cc4ccccc4[C@@H]3C23C(=O)c2ccccc2C3=O)cc1. The van der Waals surface area contributed by atoms with Crippen LogP contribution in [0.5, 0.6) is 5.75 Å². The molecule has 2 aliphatic heterocycles. The van der Waals surface area contributed by atoms with Crippen LogP contribution < -0.4 is 4.74 Å². The van der Waals surface area contributed by atoms with E-state index >= 15 is 0 Å². The minimum Gasteiger partial charge on any atom is -0.497 e. The normalized spacial score (nSPS) is 22.0. The highest BCUT2D eigenvalue weighted by molar-refractivity contribution is 6.31. The van der Waals surface area contributed by atoms with Crippen molar-refractivity contribution >= 4 is 23.6 Å². The van der Waals surface area contributed by atoms with Gasteiger partial charge in [0.05, 0.1) is 19.4 Å². The Labute approximate surface area is 225 Å². The van der Waals surface area contributed by atoms with Crippen LogP contribution in [-0.2, 0) is 0 Å². The van der Waals surface area contributed by atoms with Gasteiger partial charge in [-0.15, -0.1) is 0 Å². The van der Waals surface area contributed by atoms with Crippen LogP contribution in [0.4, 0.5) is 0 Å². The van der Waals surface area contributed by atoms with E-state index in [0.29, 0.717) is 28.0 Å². The van der Waals surface area contributed by atoms with Gasteiger partial charge in [0, 0.05) is 22.6 Å². The average Bonchev–Trinajstić information content (AvgIpc) is 3.43. The lowest BCUT2D eigenvalue weighted by Gasteiger charge is -2.36. The molecule has 1 fully saturated rings. The van der Waals surface area contributed by atoms with Gasteiger partial charge in [0.25, 0.3) is 0 Å². The highest BCUT2D eigenvalue weighted by Crippen LogP contribution is 2.64. The second kappa shape index (κ2) is 8.60. The number of methoxy groups -OCH3 is 1. The minimum atomic E-state index is -1.58. The Balaban J connectivity index is 1.55. The van der Waals surface area contributed by atoms with Crippen LogP contribution in [0.1, 0.15) is 59.7 Å². The number of fused-ring (bicyclic) bond motifs is 5. The maximum Gasteiger partial charge on any atom is 0.187 e. The topological polar surface area (TPSA) is 76.0 Å². The van der Waals surface area contributed by atoms with Gasteiger partial charge in [-0.2, -0.15) is 5.10 Å². The number of nitrogens with zero attached hydrogens (tertiary/aromatic N) is 2. The zero-order valence-corrected chi connectivity index (χ0v) is 21.2. The monoisotopic (exact) mass is 512 g/mol. The lowest BCUT2D eigenvalue weighted by molar-refractivity contribution is 0.0586. The third-order valence-corrected chi connectivity index (χ3v) is 8.38. The fraction of sp³-hybridized carbons (Fsp3) is 0.152. The zero-order chi connectivity index (χ0) is 26.7. The number of benzene rings is 4. The van der Waals surface area contributed by atoms with E-state index in [4.69, 9.17) is 9.84 Å². The summed E-state index contributed by atoms with van der Waals surface area (Å²) in [4.78, 5) is 43.7.